The summed E-state index contributed by atoms with van der Waals surface area (Å²) in [4.78, 5) is 0. The molecule has 3 atom stereocenters. The molecule has 1 saturated carbocycles. The van der Waals surface area contributed by atoms with Crippen LogP contribution in [0.3, 0.4) is 0 Å². The van der Waals surface area contributed by atoms with Crippen molar-refractivity contribution < 1.29 is 9.47 Å². The van der Waals surface area contributed by atoms with Gasteiger partial charge in [-0.1, -0.05) is 12.1 Å². The van der Waals surface area contributed by atoms with Crippen LogP contribution in [0.4, 0.5) is 0 Å². The first-order chi connectivity index (χ1) is 8.16. The Balaban J connectivity index is 2.32. The Labute approximate surface area is 125 Å². The first-order valence-electron chi connectivity index (χ1n) is 5.66. The Morgan fingerprint density at radius 1 is 0.579 bits per heavy atom. The molecule has 2 saturated heterocycles. The van der Waals surface area contributed by atoms with E-state index in [1.54, 1.807) is 0 Å². The maximum Gasteiger partial charge on any atom is 0.105 e. The van der Waals surface area contributed by atoms with Gasteiger partial charge in [0, 0.05) is 10.8 Å². The lowest BCUT2D eigenvalue weighted by atomic mass is 9.23. The van der Waals surface area contributed by atoms with Gasteiger partial charge in [-0.15, -0.1) is 5.21 Å². The summed E-state index contributed by atoms with van der Waals surface area (Å²) in [5, 5.41) is -8.75. The first-order valence-corrected chi connectivity index (χ1v) is 5.66. The average molecular weight is 228 g/mol. The SMILES string of the molecule is [B]C1([B])OC12C([B])([B])C([B])([B])C([B])(C)C21OC1([B])[B]. The fourth-order valence-corrected chi connectivity index (χ4v) is 3.74. The van der Waals surface area contributed by atoms with E-state index in [4.69, 9.17) is 80.1 Å². The fraction of sp³-hybridized carbons (Fsp3) is 1.00. The van der Waals surface area contributed by atoms with Gasteiger partial charge in [-0.05, 0) is 5.31 Å². The average Bonchev–Trinajstić information content (AvgIpc) is 2.96. The minimum Gasteiger partial charge on any atom is -0.381 e. The van der Waals surface area contributed by atoms with E-state index in [0.717, 1.165) is 0 Å². The quantitative estimate of drug-likeness (QED) is 0.322. The molecule has 3 fully saturated rings. The third-order valence-electron chi connectivity index (χ3n) is 5.01. The highest BCUT2D eigenvalue weighted by molar-refractivity contribution is 6.61. The van der Waals surface area contributed by atoms with Crippen molar-refractivity contribution in [3.8, 4) is 0 Å². The molecule has 3 rings (SSSR count). The van der Waals surface area contributed by atoms with E-state index in [9.17, 15) is 0 Å². The predicted molar refractivity (Wildman–Crippen MR) is 78.6 cm³/mol. The van der Waals surface area contributed by atoms with Crippen molar-refractivity contribution in [3.05, 3.63) is 0 Å². The lowest BCUT2D eigenvalue weighted by Gasteiger charge is -2.47. The van der Waals surface area contributed by atoms with E-state index in [0.29, 0.717) is 0 Å². The van der Waals surface area contributed by atoms with Gasteiger partial charge in [0.05, 0.1) is 44.8 Å². The van der Waals surface area contributed by atoms with Gasteiger partial charge in [0.25, 0.3) is 0 Å². The summed E-state index contributed by atoms with van der Waals surface area (Å²) in [6, 6.07) is 0. The topological polar surface area (TPSA) is 25.1 Å². The number of rotatable bonds is 0. The van der Waals surface area contributed by atoms with Crippen LogP contribution in [0.5, 0.6) is 0 Å². The van der Waals surface area contributed by atoms with Gasteiger partial charge in [0.2, 0.25) is 0 Å². The van der Waals surface area contributed by atoms with Crippen molar-refractivity contribution in [2.75, 3.05) is 0 Å². The molecule has 3 aliphatic rings. The molecule has 0 amide bonds. The van der Waals surface area contributed by atoms with Crippen LogP contribution in [-0.4, -0.2) is 92.6 Å². The minimum absolute atomic E-state index is 1.47. The molecule has 0 aromatic heterocycles. The molecule has 19 heavy (non-hydrogen) atoms. The van der Waals surface area contributed by atoms with Gasteiger partial charge in [-0.25, -0.2) is 0 Å². The maximum atomic E-state index is 6.20. The standard InChI is InChI=1S/C8H3B9O2/c1-2(9)3(7(14,15)18-3)4(8(16,17)19-4)6(12,13)5(2,10)11/h1H3. The van der Waals surface area contributed by atoms with E-state index in [1.165, 1.54) is 6.92 Å². The molecule has 2 spiro atoms. The molecule has 3 unspecified atom stereocenters. The Hall–Kier alpha value is 0.504. The smallest absolute Gasteiger partial charge is 0.105 e. The van der Waals surface area contributed by atoms with Crippen LogP contribution in [0.2, 0.25) is 15.7 Å². The van der Waals surface area contributed by atoms with Crippen LogP contribution in [0.1, 0.15) is 6.92 Å². The normalized spacial score (nSPS) is 54.2. The Kier molecular flexibility index (Phi) is 2.18. The summed E-state index contributed by atoms with van der Waals surface area (Å²) in [5.41, 5.74) is -3.28. The molecule has 0 aromatic carbocycles. The monoisotopic (exact) mass is 230 g/mol. The third kappa shape index (κ3) is 0.986. The van der Waals surface area contributed by atoms with E-state index in [-0.39, 0.29) is 0 Å². The van der Waals surface area contributed by atoms with Crippen LogP contribution >= 0.6 is 0 Å². The lowest BCUT2D eigenvalue weighted by molar-refractivity contribution is 0.158. The number of epoxide rings is 2. The zero-order valence-electron chi connectivity index (χ0n) is 10.5. The number of fused-ring (bicyclic) bond motifs is 1. The second-order valence-corrected chi connectivity index (χ2v) is 6.09. The number of ether oxygens (including phenoxy) is 2. The zero-order chi connectivity index (χ0) is 14.9. The van der Waals surface area contributed by atoms with Crippen molar-refractivity contribution in [2.45, 2.75) is 44.7 Å². The van der Waals surface area contributed by atoms with E-state index < -0.39 is 37.7 Å². The van der Waals surface area contributed by atoms with Crippen LogP contribution in [0.25, 0.3) is 0 Å². The minimum atomic E-state index is -1.91. The molecule has 74 valence electrons. The predicted octanol–water partition coefficient (Wildman–Crippen LogP) is -3.23. The third-order valence-corrected chi connectivity index (χ3v) is 5.01. The molecule has 1 aliphatic carbocycles. The van der Waals surface area contributed by atoms with Crippen molar-refractivity contribution in [3.63, 3.8) is 0 Å². The van der Waals surface area contributed by atoms with Crippen LogP contribution in [0, 0.1) is 0 Å². The van der Waals surface area contributed by atoms with Gasteiger partial charge in [0.15, 0.2) is 0 Å². The van der Waals surface area contributed by atoms with Gasteiger partial charge in [-0.3, -0.25) is 0 Å². The second kappa shape index (κ2) is 2.86. The fourth-order valence-electron chi connectivity index (χ4n) is 3.74. The van der Waals surface area contributed by atoms with Gasteiger partial charge >= 0.3 is 0 Å². The molecule has 2 aliphatic heterocycles. The molecule has 0 N–H and O–H groups in total. The molecule has 11 heteroatoms. The number of hydrogen-bond donors (Lipinski definition) is 0. The van der Waals surface area contributed by atoms with Crippen molar-refractivity contribution in [1.82, 2.24) is 0 Å². The van der Waals surface area contributed by atoms with E-state index >= 15 is 0 Å². The molecule has 2 nitrogen and oxygen atoms in total. The Bertz CT molecular complexity index is 445. The summed E-state index contributed by atoms with van der Waals surface area (Å²) >= 11 is 0. The van der Waals surface area contributed by atoms with Gasteiger partial charge < -0.3 is 9.47 Å². The second-order valence-electron chi connectivity index (χ2n) is 6.09. The van der Waals surface area contributed by atoms with Crippen molar-refractivity contribution >= 4 is 70.6 Å². The molecular formula is C8H3B9O2. The first kappa shape index (κ1) is 14.4. The molecule has 0 aromatic rings. The Morgan fingerprint density at radius 3 is 1.11 bits per heavy atom. The summed E-state index contributed by atoms with van der Waals surface area (Å²) < 4.78 is 10.7. The maximum absolute atomic E-state index is 6.20. The largest absolute Gasteiger partial charge is 0.381 e. The van der Waals surface area contributed by atoms with Gasteiger partial charge in [-0.2, -0.15) is 0 Å². The van der Waals surface area contributed by atoms with E-state index in [1.807, 2.05) is 0 Å². The van der Waals surface area contributed by atoms with Gasteiger partial charge in [0.1, 0.15) is 37.0 Å². The van der Waals surface area contributed by atoms with Crippen LogP contribution in [0.15, 0.2) is 0 Å². The lowest BCUT2D eigenvalue weighted by Crippen LogP contribution is -2.52. The molecule has 2 heterocycles. The summed E-state index contributed by atoms with van der Waals surface area (Å²) in [6.45, 7) is 1.47. The summed E-state index contributed by atoms with van der Waals surface area (Å²) in [5.74, 6) is 0. The zero-order valence-corrected chi connectivity index (χ0v) is 10.5. The van der Waals surface area contributed by atoms with Crippen LogP contribution in [-0.2, 0) is 9.47 Å². The van der Waals surface area contributed by atoms with Crippen molar-refractivity contribution in [1.29, 1.82) is 0 Å². The highest BCUT2D eigenvalue weighted by Gasteiger charge is 2.96. The summed E-state index contributed by atoms with van der Waals surface area (Å²) in [6.07, 6.45) is 0. The molecule has 0 bridgehead atoms. The molecular weight excluding hydrogens is 225 g/mol. The van der Waals surface area contributed by atoms with Crippen LogP contribution < -0.4 is 0 Å². The highest BCUT2D eigenvalue weighted by atomic mass is 16.7. The number of hydrogen-bond acceptors (Lipinski definition) is 2. The summed E-state index contributed by atoms with van der Waals surface area (Å²) in [7, 11) is 53.6. The van der Waals surface area contributed by atoms with Crippen molar-refractivity contribution in [2.24, 2.45) is 0 Å². The Morgan fingerprint density at radius 2 is 0.895 bits per heavy atom. The van der Waals surface area contributed by atoms with E-state index in [2.05, 4.69) is 0 Å². The molecule has 18 radical (unpaired) electrons. The highest BCUT2D eigenvalue weighted by Crippen LogP contribution is 2.91.